The Bertz CT molecular complexity index is 542. The zero-order valence-electron chi connectivity index (χ0n) is 11.9. The maximum atomic E-state index is 12.1. The van der Waals surface area contributed by atoms with Gasteiger partial charge in [-0.2, -0.15) is 5.26 Å². The molecule has 0 radical (unpaired) electrons. The van der Waals surface area contributed by atoms with Crippen molar-refractivity contribution in [3.63, 3.8) is 0 Å². The highest BCUT2D eigenvalue weighted by Gasteiger charge is 2.35. The third-order valence-electron chi connectivity index (χ3n) is 3.66. The van der Waals surface area contributed by atoms with E-state index in [2.05, 4.69) is 11.4 Å². The van der Waals surface area contributed by atoms with Crippen LogP contribution in [-0.2, 0) is 9.53 Å². The Morgan fingerprint density at radius 2 is 2.14 bits per heavy atom. The molecule has 1 heterocycles. The number of ether oxygens (including phenoxy) is 1. The molecule has 1 aliphatic rings. The van der Waals surface area contributed by atoms with Crippen molar-refractivity contribution in [1.29, 1.82) is 5.26 Å². The summed E-state index contributed by atoms with van der Waals surface area (Å²) in [7, 11) is 0. The number of amides is 1. The molecule has 0 unspecified atom stereocenters. The number of nitrogens with one attached hydrogen (secondary N) is 1. The first-order valence-electron chi connectivity index (χ1n) is 7.04. The van der Waals surface area contributed by atoms with Crippen LogP contribution in [0.4, 0.5) is 0 Å². The molecule has 6 heteroatoms. The molecule has 21 heavy (non-hydrogen) atoms. The average Bonchev–Trinajstić information content (AvgIpc) is 3.02. The molecule has 1 fully saturated rings. The Morgan fingerprint density at radius 3 is 2.71 bits per heavy atom. The van der Waals surface area contributed by atoms with Crippen LogP contribution < -0.4 is 5.32 Å². The van der Waals surface area contributed by atoms with Gasteiger partial charge in [0, 0.05) is 0 Å². The summed E-state index contributed by atoms with van der Waals surface area (Å²) in [6.07, 6.45) is 3.34. The molecule has 0 spiro atoms. The van der Waals surface area contributed by atoms with E-state index >= 15 is 0 Å². The van der Waals surface area contributed by atoms with Crippen molar-refractivity contribution < 1.29 is 14.3 Å². The topological polar surface area (TPSA) is 79.2 Å². The largest absolute Gasteiger partial charge is 0.448 e. The monoisotopic (exact) mass is 306 g/mol. The summed E-state index contributed by atoms with van der Waals surface area (Å²) in [6, 6.07) is 5.61. The molecular formula is C15H18N2O3S. The molecule has 1 aliphatic carbocycles. The van der Waals surface area contributed by atoms with Crippen molar-refractivity contribution in [3.05, 3.63) is 22.4 Å². The number of carbonyl (C=O) groups excluding carboxylic acids is 2. The number of esters is 1. The van der Waals surface area contributed by atoms with Crippen LogP contribution in [0, 0.1) is 11.3 Å². The van der Waals surface area contributed by atoms with E-state index in [9.17, 15) is 14.9 Å². The van der Waals surface area contributed by atoms with Gasteiger partial charge >= 0.3 is 5.97 Å². The number of hydrogen-bond acceptors (Lipinski definition) is 5. The highest BCUT2D eigenvalue weighted by molar-refractivity contribution is 7.11. The summed E-state index contributed by atoms with van der Waals surface area (Å²) in [5, 5.41) is 13.9. The SMILES string of the molecule is C[C@@H](OC(=O)c1cccs1)C(=O)NC1(C#N)CCCCC1. The Balaban J connectivity index is 1.93. The van der Waals surface area contributed by atoms with E-state index in [0.29, 0.717) is 17.7 Å². The van der Waals surface area contributed by atoms with Crippen LogP contribution in [0.15, 0.2) is 17.5 Å². The van der Waals surface area contributed by atoms with Crippen molar-refractivity contribution in [1.82, 2.24) is 5.32 Å². The van der Waals surface area contributed by atoms with Gasteiger partial charge in [-0.3, -0.25) is 4.79 Å². The summed E-state index contributed by atoms with van der Waals surface area (Å²) < 4.78 is 5.14. The van der Waals surface area contributed by atoms with Crippen molar-refractivity contribution in [2.75, 3.05) is 0 Å². The molecule has 1 N–H and O–H groups in total. The van der Waals surface area contributed by atoms with E-state index in [4.69, 9.17) is 4.74 Å². The predicted molar refractivity (Wildman–Crippen MR) is 78.8 cm³/mol. The minimum atomic E-state index is -0.910. The molecule has 1 amide bonds. The van der Waals surface area contributed by atoms with Crippen molar-refractivity contribution in [2.24, 2.45) is 0 Å². The van der Waals surface area contributed by atoms with E-state index in [1.54, 1.807) is 17.5 Å². The number of nitriles is 1. The van der Waals surface area contributed by atoms with Gasteiger partial charge < -0.3 is 10.1 Å². The average molecular weight is 306 g/mol. The fourth-order valence-corrected chi connectivity index (χ4v) is 3.03. The molecule has 0 saturated heterocycles. The van der Waals surface area contributed by atoms with Crippen molar-refractivity contribution in [2.45, 2.75) is 50.7 Å². The third kappa shape index (κ3) is 3.82. The first-order valence-corrected chi connectivity index (χ1v) is 7.92. The molecule has 0 bridgehead atoms. The number of thiophene rings is 1. The highest BCUT2D eigenvalue weighted by Crippen LogP contribution is 2.27. The van der Waals surface area contributed by atoms with E-state index in [-0.39, 0.29) is 0 Å². The number of nitrogens with zero attached hydrogens (tertiary/aromatic N) is 1. The van der Waals surface area contributed by atoms with Crippen molar-refractivity contribution in [3.8, 4) is 6.07 Å². The molecular weight excluding hydrogens is 288 g/mol. The van der Waals surface area contributed by atoms with Crippen LogP contribution in [-0.4, -0.2) is 23.5 Å². The zero-order chi connectivity index (χ0) is 15.3. The lowest BCUT2D eigenvalue weighted by molar-refractivity contribution is -0.130. The Morgan fingerprint density at radius 1 is 1.43 bits per heavy atom. The van der Waals surface area contributed by atoms with E-state index in [1.165, 1.54) is 18.3 Å². The van der Waals surface area contributed by atoms with Crippen LogP contribution in [0.1, 0.15) is 48.7 Å². The van der Waals surface area contributed by atoms with Gasteiger partial charge in [0.2, 0.25) is 0 Å². The van der Waals surface area contributed by atoms with E-state index in [0.717, 1.165) is 19.3 Å². The summed E-state index contributed by atoms with van der Waals surface area (Å²) in [4.78, 5) is 24.4. The smallest absolute Gasteiger partial charge is 0.349 e. The van der Waals surface area contributed by atoms with Crippen LogP contribution >= 0.6 is 11.3 Å². The van der Waals surface area contributed by atoms with Gasteiger partial charge in [0.05, 0.1) is 6.07 Å². The lowest BCUT2D eigenvalue weighted by Crippen LogP contribution is -2.52. The van der Waals surface area contributed by atoms with Crippen LogP contribution in [0.2, 0.25) is 0 Å². The minimum Gasteiger partial charge on any atom is -0.448 e. The fourth-order valence-electron chi connectivity index (χ4n) is 2.42. The number of hydrogen-bond donors (Lipinski definition) is 1. The quantitative estimate of drug-likeness (QED) is 0.867. The fraction of sp³-hybridized carbons (Fsp3) is 0.533. The van der Waals surface area contributed by atoms with Gasteiger partial charge in [-0.15, -0.1) is 11.3 Å². The summed E-state index contributed by atoms with van der Waals surface area (Å²) >= 11 is 1.27. The van der Waals surface area contributed by atoms with E-state index in [1.807, 2.05) is 0 Å². The van der Waals surface area contributed by atoms with Gasteiger partial charge in [-0.05, 0) is 31.2 Å². The maximum absolute atomic E-state index is 12.1. The zero-order valence-corrected chi connectivity index (χ0v) is 12.7. The lowest BCUT2D eigenvalue weighted by atomic mass is 9.83. The summed E-state index contributed by atoms with van der Waals surface area (Å²) in [6.45, 7) is 1.52. The minimum absolute atomic E-state index is 0.414. The molecule has 0 aromatic carbocycles. The Kier molecular flexibility index (Phi) is 4.97. The first kappa shape index (κ1) is 15.5. The van der Waals surface area contributed by atoms with Crippen LogP contribution in [0.5, 0.6) is 0 Å². The molecule has 2 rings (SSSR count). The molecule has 5 nitrogen and oxygen atoms in total. The van der Waals surface area contributed by atoms with Crippen molar-refractivity contribution >= 4 is 23.2 Å². The Hall–Kier alpha value is -1.87. The maximum Gasteiger partial charge on any atom is 0.349 e. The number of rotatable bonds is 4. The molecule has 1 aromatic rings. The normalized spacial score (nSPS) is 18.3. The first-order chi connectivity index (χ1) is 10.1. The second-order valence-corrected chi connectivity index (χ2v) is 6.22. The molecule has 1 atom stereocenters. The molecule has 112 valence electrons. The summed E-state index contributed by atoms with van der Waals surface area (Å²) in [5.74, 6) is -0.925. The van der Waals surface area contributed by atoms with E-state index < -0.39 is 23.5 Å². The molecule has 0 aliphatic heterocycles. The standard InChI is InChI=1S/C15H18N2O3S/c1-11(20-14(19)12-6-5-9-21-12)13(18)17-15(10-16)7-3-2-4-8-15/h5-6,9,11H,2-4,7-8H2,1H3,(H,17,18)/t11-/m1/s1. The predicted octanol–water partition coefficient (Wildman–Crippen LogP) is 2.64. The van der Waals surface area contributed by atoms with Gasteiger partial charge in [0.25, 0.3) is 5.91 Å². The highest BCUT2D eigenvalue weighted by atomic mass is 32.1. The van der Waals surface area contributed by atoms with Crippen LogP contribution in [0.25, 0.3) is 0 Å². The van der Waals surface area contributed by atoms with Gasteiger partial charge in [0.15, 0.2) is 6.10 Å². The van der Waals surface area contributed by atoms with Crippen LogP contribution in [0.3, 0.4) is 0 Å². The molecule has 1 saturated carbocycles. The van der Waals surface area contributed by atoms with Gasteiger partial charge in [0.1, 0.15) is 10.4 Å². The lowest BCUT2D eigenvalue weighted by Gasteiger charge is -2.32. The molecule has 1 aromatic heterocycles. The summed E-state index contributed by atoms with van der Waals surface area (Å²) in [5.41, 5.74) is -0.807. The van der Waals surface area contributed by atoms with Gasteiger partial charge in [-0.1, -0.05) is 25.3 Å². The Labute approximate surface area is 127 Å². The second-order valence-electron chi connectivity index (χ2n) is 5.27. The number of carbonyl (C=O) groups is 2. The van der Waals surface area contributed by atoms with Gasteiger partial charge in [-0.25, -0.2) is 4.79 Å². The second kappa shape index (κ2) is 6.72. The third-order valence-corrected chi connectivity index (χ3v) is 4.51.